The first-order chi connectivity index (χ1) is 13.1. The molecule has 1 amide bonds. The summed E-state index contributed by atoms with van der Waals surface area (Å²) in [5.74, 6) is 1.09. The third kappa shape index (κ3) is 5.10. The molecular weight excluding hydrogens is 471 g/mol. The Morgan fingerprint density at radius 1 is 1.19 bits per heavy atom. The number of thioether (sulfide) groups is 1. The van der Waals surface area contributed by atoms with Crippen molar-refractivity contribution in [3.8, 4) is 11.4 Å². The van der Waals surface area contributed by atoms with E-state index in [2.05, 4.69) is 68.7 Å². The molecule has 0 saturated heterocycles. The van der Waals surface area contributed by atoms with Crippen LogP contribution >= 0.6 is 34.4 Å². The third-order valence-electron chi connectivity index (χ3n) is 3.92. The van der Waals surface area contributed by atoms with E-state index in [1.165, 1.54) is 17.3 Å². The van der Waals surface area contributed by atoms with Gasteiger partial charge in [-0.15, -0.1) is 10.2 Å². The molecule has 0 atom stereocenters. The van der Waals surface area contributed by atoms with E-state index in [1.807, 2.05) is 36.4 Å². The number of nitrogens with one attached hydrogen (secondary N) is 1. The lowest BCUT2D eigenvalue weighted by Crippen LogP contribution is -2.15. The SMILES string of the molecule is CCCn1c(SCC(=O)Nc2ccccc2I)nnc1-c1cccc(C)c1. The highest BCUT2D eigenvalue weighted by atomic mass is 127. The number of rotatable bonds is 7. The summed E-state index contributed by atoms with van der Waals surface area (Å²) in [5.41, 5.74) is 3.06. The number of hydrogen-bond donors (Lipinski definition) is 1. The van der Waals surface area contributed by atoms with Gasteiger partial charge in [-0.05, 0) is 54.1 Å². The van der Waals surface area contributed by atoms with Crippen LogP contribution in [0.3, 0.4) is 0 Å². The number of benzene rings is 2. The van der Waals surface area contributed by atoms with Gasteiger partial charge in [-0.25, -0.2) is 0 Å². The molecule has 0 fully saturated rings. The first kappa shape index (κ1) is 19.9. The molecule has 3 aromatic rings. The zero-order valence-electron chi connectivity index (χ0n) is 15.3. The number of nitrogens with zero attached hydrogens (tertiary/aromatic N) is 3. The molecular formula is C20H21IN4OS. The van der Waals surface area contributed by atoms with E-state index in [1.54, 1.807) is 0 Å². The minimum absolute atomic E-state index is 0.0488. The second-order valence-corrected chi connectivity index (χ2v) is 8.25. The van der Waals surface area contributed by atoms with Crippen molar-refractivity contribution < 1.29 is 4.79 Å². The largest absolute Gasteiger partial charge is 0.324 e. The Morgan fingerprint density at radius 2 is 2.00 bits per heavy atom. The molecule has 0 aliphatic heterocycles. The molecule has 0 aliphatic carbocycles. The van der Waals surface area contributed by atoms with Crippen molar-refractivity contribution >= 4 is 45.9 Å². The molecule has 0 bridgehead atoms. The summed E-state index contributed by atoms with van der Waals surface area (Å²) in [4.78, 5) is 12.3. The number of aryl methyl sites for hydroxylation is 1. The Hall–Kier alpha value is -1.87. The normalized spacial score (nSPS) is 10.8. The Labute approximate surface area is 177 Å². The highest BCUT2D eigenvalue weighted by Crippen LogP contribution is 2.25. The van der Waals surface area contributed by atoms with Gasteiger partial charge < -0.3 is 9.88 Å². The van der Waals surface area contributed by atoms with E-state index >= 15 is 0 Å². The van der Waals surface area contributed by atoms with Crippen LogP contribution in [-0.4, -0.2) is 26.4 Å². The summed E-state index contributed by atoms with van der Waals surface area (Å²) in [6, 6.07) is 16.0. The van der Waals surface area contributed by atoms with E-state index in [-0.39, 0.29) is 5.91 Å². The minimum atomic E-state index is -0.0488. The van der Waals surface area contributed by atoms with Gasteiger partial charge in [0.2, 0.25) is 5.91 Å². The first-order valence-corrected chi connectivity index (χ1v) is 10.8. The van der Waals surface area contributed by atoms with Gasteiger partial charge in [-0.2, -0.15) is 0 Å². The van der Waals surface area contributed by atoms with Gasteiger partial charge in [0.05, 0.1) is 11.4 Å². The van der Waals surface area contributed by atoms with Crippen LogP contribution in [-0.2, 0) is 11.3 Å². The minimum Gasteiger partial charge on any atom is -0.324 e. The summed E-state index contributed by atoms with van der Waals surface area (Å²) in [7, 11) is 0. The van der Waals surface area contributed by atoms with Crippen LogP contribution in [0.1, 0.15) is 18.9 Å². The van der Waals surface area contributed by atoms with Crippen molar-refractivity contribution in [2.45, 2.75) is 32.0 Å². The second kappa shape index (κ2) is 9.36. The lowest BCUT2D eigenvalue weighted by molar-refractivity contribution is -0.113. The topological polar surface area (TPSA) is 59.8 Å². The molecule has 1 heterocycles. The summed E-state index contributed by atoms with van der Waals surface area (Å²) in [5, 5.41) is 12.4. The van der Waals surface area contributed by atoms with Crippen LogP contribution in [0.15, 0.2) is 53.7 Å². The van der Waals surface area contributed by atoms with Crippen LogP contribution in [0, 0.1) is 10.5 Å². The van der Waals surface area contributed by atoms with E-state index in [0.717, 1.165) is 38.8 Å². The molecule has 3 rings (SSSR count). The summed E-state index contributed by atoms with van der Waals surface area (Å²) in [6.45, 7) is 5.00. The van der Waals surface area contributed by atoms with Crippen molar-refractivity contribution in [3.05, 3.63) is 57.7 Å². The number of hydrogen-bond acceptors (Lipinski definition) is 4. The maximum Gasteiger partial charge on any atom is 0.234 e. The van der Waals surface area contributed by atoms with E-state index in [0.29, 0.717) is 5.75 Å². The predicted octanol–water partition coefficient (Wildman–Crippen LogP) is 5.00. The van der Waals surface area contributed by atoms with E-state index in [9.17, 15) is 4.79 Å². The van der Waals surface area contributed by atoms with Crippen LogP contribution in [0.5, 0.6) is 0 Å². The van der Waals surface area contributed by atoms with Gasteiger partial charge in [-0.3, -0.25) is 4.79 Å². The fourth-order valence-corrected chi connectivity index (χ4v) is 3.98. The average Bonchev–Trinajstić information content (AvgIpc) is 3.05. The number of aromatic nitrogens is 3. The molecule has 0 radical (unpaired) electrons. The molecule has 140 valence electrons. The zero-order valence-corrected chi connectivity index (χ0v) is 18.3. The van der Waals surface area contributed by atoms with Gasteiger partial charge in [0, 0.05) is 15.7 Å². The lowest BCUT2D eigenvalue weighted by Gasteiger charge is -2.10. The number of halogens is 1. The first-order valence-electron chi connectivity index (χ1n) is 8.76. The molecule has 2 aromatic carbocycles. The Morgan fingerprint density at radius 3 is 2.74 bits per heavy atom. The maximum atomic E-state index is 12.3. The highest BCUT2D eigenvalue weighted by Gasteiger charge is 2.15. The number of carbonyl (C=O) groups is 1. The molecule has 0 aliphatic rings. The quantitative estimate of drug-likeness (QED) is 0.373. The maximum absolute atomic E-state index is 12.3. The molecule has 0 saturated carbocycles. The fraction of sp³-hybridized carbons (Fsp3) is 0.250. The molecule has 5 nitrogen and oxygen atoms in total. The number of para-hydroxylation sites is 1. The smallest absolute Gasteiger partial charge is 0.234 e. The highest BCUT2D eigenvalue weighted by molar-refractivity contribution is 14.1. The van der Waals surface area contributed by atoms with E-state index in [4.69, 9.17) is 0 Å². The second-order valence-electron chi connectivity index (χ2n) is 6.14. The van der Waals surface area contributed by atoms with Crippen LogP contribution in [0.2, 0.25) is 0 Å². The van der Waals surface area contributed by atoms with Crippen molar-refractivity contribution in [2.75, 3.05) is 11.1 Å². The van der Waals surface area contributed by atoms with Gasteiger partial charge in [0.25, 0.3) is 0 Å². The van der Waals surface area contributed by atoms with Gasteiger partial charge in [0.1, 0.15) is 0 Å². The van der Waals surface area contributed by atoms with Crippen LogP contribution < -0.4 is 5.32 Å². The van der Waals surface area contributed by atoms with Crippen molar-refractivity contribution in [2.24, 2.45) is 0 Å². The monoisotopic (exact) mass is 492 g/mol. The standard InChI is InChI=1S/C20H21IN4OS/c1-3-11-25-19(15-8-6-7-14(2)12-15)23-24-20(25)27-13-18(26)22-17-10-5-4-9-16(17)21/h4-10,12H,3,11,13H2,1-2H3,(H,22,26). The summed E-state index contributed by atoms with van der Waals surface area (Å²) >= 11 is 3.63. The van der Waals surface area contributed by atoms with Crippen molar-refractivity contribution in [1.82, 2.24) is 14.8 Å². The average molecular weight is 492 g/mol. The van der Waals surface area contributed by atoms with Crippen molar-refractivity contribution in [3.63, 3.8) is 0 Å². The van der Waals surface area contributed by atoms with Crippen molar-refractivity contribution in [1.29, 1.82) is 0 Å². The van der Waals surface area contributed by atoms with Crippen LogP contribution in [0.4, 0.5) is 5.69 Å². The number of amides is 1. The summed E-state index contributed by atoms with van der Waals surface area (Å²) in [6.07, 6.45) is 0.971. The Kier molecular flexibility index (Phi) is 6.89. The fourth-order valence-electron chi connectivity index (χ4n) is 2.70. The Balaban J connectivity index is 1.73. The van der Waals surface area contributed by atoms with Gasteiger partial charge in [-0.1, -0.05) is 54.6 Å². The Bertz CT molecular complexity index is 941. The molecule has 1 aromatic heterocycles. The number of anilines is 1. The molecule has 0 unspecified atom stereocenters. The molecule has 0 spiro atoms. The zero-order chi connectivity index (χ0) is 19.2. The van der Waals surface area contributed by atoms with Crippen LogP contribution in [0.25, 0.3) is 11.4 Å². The number of carbonyl (C=O) groups excluding carboxylic acids is 1. The molecule has 7 heteroatoms. The van der Waals surface area contributed by atoms with Gasteiger partial charge in [0.15, 0.2) is 11.0 Å². The van der Waals surface area contributed by atoms with Gasteiger partial charge >= 0.3 is 0 Å². The lowest BCUT2D eigenvalue weighted by atomic mass is 10.1. The molecule has 27 heavy (non-hydrogen) atoms. The molecule has 1 N–H and O–H groups in total. The summed E-state index contributed by atoms with van der Waals surface area (Å²) < 4.78 is 3.11. The predicted molar refractivity (Wildman–Crippen MR) is 119 cm³/mol. The third-order valence-corrected chi connectivity index (χ3v) is 5.83. The van der Waals surface area contributed by atoms with E-state index < -0.39 is 0 Å².